The van der Waals surface area contributed by atoms with Gasteiger partial charge in [0.2, 0.25) is 0 Å². The highest BCUT2D eigenvalue weighted by molar-refractivity contribution is 8.34. The van der Waals surface area contributed by atoms with E-state index in [-0.39, 0.29) is 0 Å². The first-order chi connectivity index (χ1) is 28.0. The lowest BCUT2D eigenvalue weighted by atomic mass is 10.0. The highest BCUT2D eigenvalue weighted by Gasteiger charge is 2.41. The standard InChI is InChI=1S/C51H41N3S3/c1-35(2)57(3)47-31-32-55-50(47)51-48(57)33-49(56-51)54(40-17-8-5-9-18-40)42-27-23-39(24-28-42)45-30-29-43(34-52-45)53(46-20-12-16-38-15-10-11-19-44(38)46)41-25-21-37(22-26-41)36-13-6-4-7-14-36/h4-35H,1-3H3. The molecular weight excluding hydrogens is 751 g/mol. The number of benzene rings is 6. The molecule has 0 saturated heterocycles. The molecule has 0 saturated carbocycles. The molecule has 0 amide bonds. The van der Waals surface area contributed by atoms with Crippen molar-refractivity contribution in [3.63, 3.8) is 0 Å². The molecule has 6 aromatic carbocycles. The summed E-state index contributed by atoms with van der Waals surface area (Å²) in [5.41, 5.74) is 9.90. The van der Waals surface area contributed by atoms with E-state index in [2.05, 4.69) is 211 Å². The lowest BCUT2D eigenvalue weighted by Gasteiger charge is -2.37. The van der Waals surface area contributed by atoms with E-state index in [9.17, 15) is 0 Å². The highest BCUT2D eigenvalue weighted by Crippen LogP contribution is 2.75. The number of anilines is 6. The van der Waals surface area contributed by atoms with Gasteiger partial charge in [-0.15, -0.1) is 22.7 Å². The Hall–Kier alpha value is -5.92. The lowest BCUT2D eigenvalue weighted by molar-refractivity contribution is 1.08. The van der Waals surface area contributed by atoms with Gasteiger partial charge in [0, 0.05) is 37.8 Å². The summed E-state index contributed by atoms with van der Waals surface area (Å²) in [4.78, 5) is 15.8. The van der Waals surface area contributed by atoms with E-state index in [1.54, 1.807) is 4.90 Å². The summed E-state index contributed by atoms with van der Waals surface area (Å²) in [5, 5.41) is 6.49. The molecule has 0 N–H and O–H groups in total. The predicted octanol–water partition coefficient (Wildman–Crippen LogP) is 15.9. The molecule has 4 heterocycles. The van der Waals surface area contributed by atoms with Crippen molar-refractivity contribution in [1.82, 2.24) is 4.98 Å². The fourth-order valence-electron chi connectivity index (χ4n) is 8.08. The number of hydrogen-bond acceptors (Lipinski definition) is 5. The van der Waals surface area contributed by atoms with Crippen molar-refractivity contribution in [2.24, 2.45) is 0 Å². The van der Waals surface area contributed by atoms with E-state index < -0.39 is 10.0 Å². The molecule has 1 aliphatic rings. The second-order valence-electron chi connectivity index (χ2n) is 14.8. The third-order valence-corrected chi connectivity index (χ3v) is 18.1. The molecule has 9 aromatic rings. The summed E-state index contributed by atoms with van der Waals surface area (Å²) in [6, 6.07) is 63.3. The van der Waals surface area contributed by atoms with Crippen LogP contribution in [0.1, 0.15) is 13.8 Å². The first-order valence-corrected chi connectivity index (χ1v) is 23.1. The van der Waals surface area contributed by atoms with Crippen LogP contribution in [0.3, 0.4) is 0 Å². The van der Waals surface area contributed by atoms with Crippen LogP contribution in [0.25, 0.3) is 42.9 Å². The Bertz CT molecular complexity index is 2820. The number of rotatable bonds is 9. The van der Waals surface area contributed by atoms with E-state index in [0.717, 1.165) is 39.7 Å². The summed E-state index contributed by atoms with van der Waals surface area (Å²) < 4.78 is 0. The van der Waals surface area contributed by atoms with Crippen LogP contribution >= 0.6 is 32.7 Å². The Kier molecular flexibility index (Phi) is 9.05. The quantitative estimate of drug-likeness (QED) is 0.145. The van der Waals surface area contributed by atoms with Gasteiger partial charge in [0.15, 0.2) is 0 Å². The van der Waals surface area contributed by atoms with Gasteiger partial charge in [-0.1, -0.05) is 123 Å². The van der Waals surface area contributed by atoms with Gasteiger partial charge in [0.05, 0.1) is 33.0 Å². The molecule has 0 fully saturated rings. The molecule has 3 aromatic heterocycles. The maximum absolute atomic E-state index is 5.09. The average molecular weight is 792 g/mol. The van der Waals surface area contributed by atoms with Crippen molar-refractivity contribution >= 4 is 76.9 Å². The second-order valence-corrected chi connectivity index (χ2v) is 20.5. The van der Waals surface area contributed by atoms with Crippen molar-refractivity contribution in [1.29, 1.82) is 0 Å². The van der Waals surface area contributed by atoms with Gasteiger partial charge in [0.1, 0.15) is 5.00 Å². The molecule has 0 bridgehead atoms. The van der Waals surface area contributed by atoms with Gasteiger partial charge in [-0.2, -0.15) is 10.0 Å². The van der Waals surface area contributed by atoms with Crippen LogP contribution in [0, 0.1) is 0 Å². The van der Waals surface area contributed by atoms with Crippen LogP contribution < -0.4 is 9.80 Å². The predicted molar refractivity (Wildman–Crippen MR) is 248 cm³/mol. The summed E-state index contributed by atoms with van der Waals surface area (Å²) in [6.07, 6.45) is 4.51. The van der Waals surface area contributed by atoms with Crippen molar-refractivity contribution in [2.75, 3.05) is 16.1 Å². The number of aromatic nitrogens is 1. The summed E-state index contributed by atoms with van der Waals surface area (Å²) in [6.45, 7) is 4.78. The van der Waals surface area contributed by atoms with E-state index >= 15 is 0 Å². The van der Waals surface area contributed by atoms with Crippen LogP contribution in [0.15, 0.2) is 197 Å². The first-order valence-electron chi connectivity index (χ1n) is 19.3. The van der Waals surface area contributed by atoms with Crippen molar-refractivity contribution in [2.45, 2.75) is 28.9 Å². The fourth-order valence-corrected chi connectivity index (χ4v) is 14.7. The normalized spacial score (nSPS) is 15.6. The summed E-state index contributed by atoms with van der Waals surface area (Å²) in [5.74, 6) is 0. The van der Waals surface area contributed by atoms with Crippen LogP contribution in [0.5, 0.6) is 0 Å². The SMILES string of the molecule is CC(C)S1(C)c2ccsc2-c2sc(N(c3ccccc3)c3ccc(-c4ccc(N(c5ccc(-c6ccccc6)cc5)c5cccc6ccccc56)cn4)cc3)cc21. The molecule has 0 aliphatic carbocycles. The molecule has 0 radical (unpaired) electrons. The van der Waals surface area contributed by atoms with E-state index in [4.69, 9.17) is 4.98 Å². The number of pyridine rings is 1. The minimum atomic E-state index is -1.10. The van der Waals surface area contributed by atoms with E-state index in [0.29, 0.717) is 5.25 Å². The third kappa shape index (κ3) is 6.16. The second kappa shape index (κ2) is 14.5. The lowest BCUT2D eigenvalue weighted by Crippen LogP contribution is -2.11. The molecular formula is C51H41N3S3. The van der Waals surface area contributed by atoms with Gasteiger partial charge in [0.25, 0.3) is 0 Å². The van der Waals surface area contributed by atoms with Crippen molar-refractivity contribution in [3.05, 3.63) is 188 Å². The van der Waals surface area contributed by atoms with Gasteiger partial charge in [-0.25, -0.2) is 0 Å². The fraction of sp³-hybridized carbons (Fsp3) is 0.0784. The van der Waals surface area contributed by atoms with Crippen LogP contribution in [0.2, 0.25) is 0 Å². The van der Waals surface area contributed by atoms with Gasteiger partial charge < -0.3 is 9.80 Å². The zero-order valence-electron chi connectivity index (χ0n) is 32.0. The number of para-hydroxylation sites is 1. The Morgan fingerprint density at radius 1 is 0.526 bits per heavy atom. The average Bonchev–Trinajstić information content (AvgIpc) is 3.98. The van der Waals surface area contributed by atoms with Gasteiger partial charge in [-0.3, -0.25) is 4.98 Å². The largest absolute Gasteiger partial charge is 0.308 e. The maximum Gasteiger partial charge on any atom is 0.102 e. The smallest absolute Gasteiger partial charge is 0.102 e. The number of thiophene rings is 2. The number of nitrogens with zero attached hydrogens (tertiary/aromatic N) is 3. The molecule has 10 rings (SSSR count). The minimum absolute atomic E-state index is 0.567. The van der Waals surface area contributed by atoms with Gasteiger partial charge >= 0.3 is 0 Å². The van der Waals surface area contributed by atoms with E-state index in [1.807, 2.05) is 28.9 Å². The molecule has 1 aliphatic heterocycles. The van der Waals surface area contributed by atoms with Crippen molar-refractivity contribution < 1.29 is 0 Å². The Balaban J connectivity index is 0.997. The number of fused-ring (bicyclic) bond motifs is 4. The summed E-state index contributed by atoms with van der Waals surface area (Å²) >= 11 is 3.82. The highest BCUT2D eigenvalue weighted by atomic mass is 32.3. The van der Waals surface area contributed by atoms with E-state index in [1.165, 1.54) is 41.6 Å². The Morgan fingerprint density at radius 3 is 1.86 bits per heavy atom. The van der Waals surface area contributed by atoms with Gasteiger partial charge in [-0.05, 0) is 100 Å². The zero-order valence-corrected chi connectivity index (χ0v) is 34.5. The maximum atomic E-state index is 5.09. The zero-order chi connectivity index (χ0) is 38.5. The summed E-state index contributed by atoms with van der Waals surface area (Å²) in [7, 11) is -1.10. The molecule has 6 heteroatoms. The van der Waals surface area contributed by atoms with Crippen LogP contribution in [-0.4, -0.2) is 16.5 Å². The molecule has 1 atom stereocenters. The first kappa shape index (κ1) is 35.5. The molecule has 3 nitrogen and oxygen atoms in total. The molecule has 0 spiro atoms. The Morgan fingerprint density at radius 2 is 1.14 bits per heavy atom. The third-order valence-electron chi connectivity index (χ3n) is 11.3. The van der Waals surface area contributed by atoms with Crippen LogP contribution in [0.4, 0.5) is 33.4 Å². The molecule has 278 valence electrons. The number of hydrogen-bond donors (Lipinski definition) is 0. The minimum Gasteiger partial charge on any atom is -0.308 e. The topological polar surface area (TPSA) is 19.4 Å². The molecule has 57 heavy (non-hydrogen) atoms. The van der Waals surface area contributed by atoms with Crippen molar-refractivity contribution in [3.8, 4) is 32.1 Å². The molecule has 1 unspecified atom stereocenters. The Labute approximate surface area is 344 Å². The monoisotopic (exact) mass is 791 g/mol. The van der Waals surface area contributed by atoms with Crippen LogP contribution in [-0.2, 0) is 0 Å².